The Bertz CT molecular complexity index is 529. The summed E-state index contributed by atoms with van der Waals surface area (Å²) in [6.07, 6.45) is 3.53. The van der Waals surface area contributed by atoms with Crippen molar-refractivity contribution in [2.75, 3.05) is 6.26 Å². The number of carbonyl (C=O) groups excluding carboxylic acids is 1. The van der Waals surface area contributed by atoms with Crippen LogP contribution in [-0.2, 0) is 0 Å². The van der Waals surface area contributed by atoms with Crippen molar-refractivity contribution in [3.05, 3.63) is 29.7 Å². The molecule has 0 aliphatic heterocycles. The first-order valence-electron chi connectivity index (χ1n) is 5.25. The van der Waals surface area contributed by atoms with Crippen LogP contribution in [0.15, 0.2) is 23.4 Å². The van der Waals surface area contributed by atoms with Gasteiger partial charge in [0, 0.05) is 6.20 Å². The Morgan fingerprint density at radius 1 is 1.56 bits per heavy atom. The Labute approximate surface area is 108 Å². The zero-order valence-corrected chi connectivity index (χ0v) is 10.7. The van der Waals surface area contributed by atoms with Gasteiger partial charge in [-0.05, 0) is 25.3 Å². The maximum absolute atomic E-state index is 12.1. The van der Waals surface area contributed by atoms with Crippen LogP contribution in [0, 0.1) is 0 Å². The number of hydrogen-bond donors (Lipinski definition) is 2. The zero-order valence-electron chi connectivity index (χ0n) is 9.91. The number of thioether (sulfide) groups is 1. The third-order valence-electron chi connectivity index (χ3n) is 2.31. The maximum Gasteiger partial charge on any atom is 0.254 e. The molecule has 7 nitrogen and oxygen atoms in total. The van der Waals surface area contributed by atoms with Gasteiger partial charge in [-0.2, -0.15) is 5.21 Å². The molecule has 2 rings (SSSR count). The second-order valence-electron chi connectivity index (χ2n) is 3.53. The van der Waals surface area contributed by atoms with Gasteiger partial charge in [-0.3, -0.25) is 4.79 Å². The zero-order chi connectivity index (χ0) is 13.0. The average Bonchev–Trinajstić information content (AvgIpc) is 2.92. The summed E-state index contributed by atoms with van der Waals surface area (Å²) in [6.45, 7) is 1.79. The number of amides is 1. The Morgan fingerprint density at radius 2 is 2.39 bits per heavy atom. The summed E-state index contributed by atoms with van der Waals surface area (Å²) in [6, 6.07) is 3.15. The van der Waals surface area contributed by atoms with E-state index in [2.05, 4.69) is 30.9 Å². The number of rotatable bonds is 4. The highest BCUT2D eigenvalue weighted by Crippen LogP contribution is 2.17. The largest absolute Gasteiger partial charge is 0.342 e. The topological polar surface area (TPSA) is 96.5 Å². The van der Waals surface area contributed by atoms with E-state index in [-0.39, 0.29) is 11.9 Å². The highest BCUT2D eigenvalue weighted by Gasteiger charge is 2.17. The molecule has 0 saturated heterocycles. The summed E-state index contributed by atoms with van der Waals surface area (Å²) < 4.78 is 0. The smallest absolute Gasteiger partial charge is 0.254 e. The van der Waals surface area contributed by atoms with E-state index in [0.717, 1.165) is 0 Å². The van der Waals surface area contributed by atoms with E-state index in [1.54, 1.807) is 25.3 Å². The SMILES string of the molecule is CSc1ncccc1C(=O)NC(C)c1nn[nH]n1. The molecule has 1 atom stereocenters. The average molecular weight is 264 g/mol. The first-order chi connectivity index (χ1) is 8.72. The van der Waals surface area contributed by atoms with Crippen molar-refractivity contribution in [2.24, 2.45) is 0 Å². The number of pyridine rings is 1. The predicted molar refractivity (Wildman–Crippen MR) is 66.1 cm³/mol. The first-order valence-corrected chi connectivity index (χ1v) is 6.48. The van der Waals surface area contributed by atoms with Crippen molar-refractivity contribution in [1.82, 2.24) is 30.9 Å². The Kier molecular flexibility index (Phi) is 3.88. The van der Waals surface area contributed by atoms with Gasteiger partial charge < -0.3 is 5.32 Å². The van der Waals surface area contributed by atoms with E-state index >= 15 is 0 Å². The van der Waals surface area contributed by atoms with Gasteiger partial charge >= 0.3 is 0 Å². The molecule has 0 spiro atoms. The minimum absolute atomic E-state index is 0.204. The maximum atomic E-state index is 12.1. The number of aromatic amines is 1. The lowest BCUT2D eigenvalue weighted by Crippen LogP contribution is -2.28. The normalized spacial score (nSPS) is 12.1. The highest BCUT2D eigenvalue weighted by atomic mass is 32.2. The van der Waals surface area contributed by atoms with Gasteiger partial charge in [0.25, 0.3) is 5.91 Å². The van der Waals surface area contributed by atoms with Crippen LogP contribution in [0.3, 0.4) is 0 Å². The molecule has 18 heavy (non-hydrogen) atoms. The minimum Gasteiger partial charge on any atom is -0.342 e. The van der Waals surface area contributed by atoms with Crippen LogP contribution in [0.4, 0.5) is 0 Å². The molecule has 2 heterocycles. The second kappa shape index (κ2) is 5.58. The van der Waals surface area contributed by atoms with Crippen LogP contribution in [0.2, 0.25) is 0 Å². The van der Waals surface area contributed by atoms with Crippen molar-refractivity contribution in [1.29, 1.82) is 0 Å². The summed E-state index contributed by atoms with van der Waals surface area (Å²) in [7, 11) is 0. The monoisotopic (exact) mass is 264 g/mol. The molecule has 0 aromatic carbocycles. The molecule has 1 unspecified atom stereocenters. The summed E-state index contributed by atoms with van der Waals surface area (Å²) in [5.74, 6) is 0.239. The number of hydrogen-bond acceptors (Lipinski definition) is 6. The highest BCUT2D eigenvalue weighted by molar-refractivity contribution is 7.98. The van der Waals surface area contributed by atoms with Gasteiger partial charge in [-0.1, -0.05) is 5.21 Å². The molecule has 1 amide bonds. The van der Waals surface area contributed by atoms with Crippen LogP contribution in [0.5, 0.6) is 0 Å². The number of tetrazole rings is 1. The molecule has 0 aliphatic rings. The van der Waals surface area contributed by atoms with Gasteiger partial charge in [0.15, 0.2) is 5.82 Å². The van der Waals surface area contributed by atoms with E-state index in [0.29, 0.717) is 16.4 Å². The van der Waals surface area contributed by atoms with E-state index in [1.807, 2.05) is 6.26 Å². The Hall–Kier alpha value is -1.96. The number of aromatic nitrogens is 5. The van der Waals surface area contributed by atoms with Crippen LogP contribution in [-0.4, -0.2) is 37.8 Å². The van der Waals surface area contributed by atoms with Crippen molar-refractivity contribution >= 4 is 17.7 Å². The molecular formula is C10H12N6OS. The second-order valence-corrected chi connectivity index (χ2v) is 4.32. The van der Waals surface area contributed by atoms with E-state index in [9.17, 15) is 4.79 Å². The van der Waals surface area contributed by atoms with Gasteiger partial charge in [-0.15, -0.1) is 22.0 Å². The van der Waals surface area contributed by atoms with Gasteiger partial charge in [0.1, 0.15) is 5.03 Å². The fraction of sp³-hybridized carbons (Fsp3) is 0.300. The molecule has 0 saturated carbocycles. The van der Waals surface area contributed by atoms with Crippen LogP contribution >= 0.6 is 11.8 Å². The van der Waals surface area contributed by atoms with Crippen LogP contribution in [0.1, 0.15) is 29.1 Å². The summed E-state index contributed by atoms with van der Waals surface area (Å²) >= 11 is 1.43. The van der Waals surface area contributed by atoms with Gasteiger partial charge in [0.05, 0.1) is 11.6 Å². The van der Waals surface area contributed by atoms with Crippen LogP contribution in [0.25, 0.3) is 0 Å². The quantitative estimate of drug-likeness (QED) is 0.793. The Morgan fingerprint density at radius 3 is 3.06 bits per heavy atom. The first kappa shape index (κ1) is 12.5. The summed E-state index contributed by atoms with van der Waals surface area (Å²) in [5.41, 5.74) is 0.542. The standard InChI is InChI=1S/C10H12N6OS/c1-6(8-13-15-16-14-8)12-9(17)7-4-3-5-11-10(7)18-2/h3-6H,1-2H3,(H,12,17)(H,13,14,15,16). The van der Waals surface area contributed by atoms with Crippen molar-refractivity contribution in [3.8, 4) is 0 Å². The molecule has 0 aliphatic carbocycles. The fourth-order valence-corrected chi connectivity index (χ4v) is 1.97. The lowest BCUT2D eigenvalue weighted by atomic mass is 10.2. The lowest BCUT2D eigenvalue weighted by molar-refractivity contribution is 0.0934. The number of carbonyl (C=O) groups is 1. The Balaban J connectivity index is 2.12. The van der Waals surface area contributed by atoms with Gasteiger partial charge in [0.2, 0.25) is 0 Å². The third kappa shape index (κ3) is 2.65. The van der Waals surface area contributed by atoms with Crippen molar-refractivity contribution in [2.45, 2.75) is 18.0 Å². The fourth-order valence-electron chi connectivity index (χ4n) is 1.42. The molecule has 2 aromatic heterocycles. The molecule has 8 heteroatoms. The number of H-pyrrole nitrogens is 1. The molecular weight excluding hydrogens is 252 g/mol. The van der Waals surface area contributed by atoms with E-state index in [1.165, 1.54) is 11.8 Å². The molecule has 0 fully saturated rings. The number of nitrogens with one attached hydrogen (secondary N) is 2. The molecule has 0 radical (unpaired) electrons. The molecule has 2 N–H and O–H groups in total. The van der Waals surface area contributed by atoms with E-state index in [4.69, 9.17) is 0 Å². The van der Waals surface area contributed by atoms with Gasteiger partial charge in [-0.25, -0.2) is 4.98 Å². The molecule has 94 valence electrons. The third-order valence-corrected chi connectivity index (χ3v) is 3.02. The summed E-state index contributed by atoms with van der Waals surface area (Å²) in [4.78, 5) is 16.2. The van der Waals surface area contributed by atoms with Crippen molar-refractivity contribution < 1.29 is 4.79 Å². The summed E-state index contributed by atoms with van der Waals surface area (Å²) in [5, 5.41) is 16.9. The van der Waals surface area contributed by atoms with Crippen LogP contribution < -0.4 is 5.32 Å². The number of nitrogens with zero attached hydrogens (tertiary/aromatic N) is 4. The van der Waals surface area contributed by atoms with E-state index < -0.39 is 0 Å². The predicted octanol–water partition coefficient (Wildman–Crippen LogP) is 0.808. The lowest BCUT2D eigenvalue weighted by Gasteiger charge is -2.11. The minimum atomic E-state index is -0.314. The molecule has 0 bridgehead atoms. The molecule has 2 aromatic rings. The van der Waals surface area contributed by atoms with Crippen molar-refractivity contribution in [3.63, 3.8) is 0 Å².